The third-order valence-electron chi connectivity index (χ3n) is 3.73. The van der Waals surface area contributed by atoms with Crippen LogP contribution in [0.5, 0.6) is 0 Å². The summed E-state index contributed by atoms with van der Waals surface area (Å²) < 4.78 is 5.17. The van der Waals surface area contributed by atoms with Gasteiger partial charge in [0.25, 0.3) is 5.91 Å². The molecule has 2 rings (SSSR count). The Labute approximate surface area is 163 Å². The fraction of sp³-hybridized carbons (Fsp3) is 0.286. The Morgan fingerprint density at radius 2 is 1.61 bits per heavy atom. The maximum Gasteiger partial charge on any atom is 0.412 e. The van der Waals surface area contributed by atoms with Gasteiger partial charge in [0, 0.05) is 11.3 Å². The van der Waals surface area contributed by atoms with Crippen molar-refractivity contribution in [3.05, 3.63) is 65.2 Å². The number of carboxylic acids is 1. The van der Waals surface area contributed by atoms with E-state index in [4.69, 9.17) is 4.74 Å². The first-order valence-electron chi connectivity index (χ1n) is 8.79. The highest BCUT2D eigenvalue weighted by molar-refractivity contribution is 6.00. The van der Waals surface area contributed by atoms with Crippen LogP contribution in [0.4, 0.5) is 10.5 Å². The molecule has 0 aliphatic heterocycles. The average molecular weight is 384 g/mol. The van der Waals surface area contributed by atoms with Crippen LogP contribution < -0.4 is 10.6 Å². The summed E-state index contributed by atoms with van der Waals surface area (Å²) in [6, 6.07) is 13.0. The monoisotopic (exact) mass is 384 g/mol. The highest BCUT2D eigenvalue weighted by Crippen LogP contribution is 2.19. The van der Waals surface area contributed by atoms with Crippen LogP contribution in [-0.4, -0.2) is 28.7 Å². The Hall–Kier alpha value is -3.35. The summed E-state index contributed by atoms with van der Waals surface area (Å²) in [5.74, 6) is -1.66. The lowest BCUT2D eigenvalue weighted by Gasteiger charge is -2.20. The van der Waals surface area contributed by atoms with Gasteiger partial charge in [-0.05, 0) is 51.5 Å². The molecule has 0 aliphatic rings. The molecule has 3 N–H and O–H groups in total. The smallest absolute Gasteiger partial charge is 0.412 e. The van der Waals surface area contributed by atoms with Crippen molar-refractivity contribution in [3.8, 4) is 0 Å². The third-order valence-corrected chi connectivity index (χ3v) is 3.73. The summed E-state index contributed by atoms with van der Waals surface area (Å²) in [4.78, 5) is 36.0. The quantitative estimate of drug-likeness (QED) is 0.716. The number of hydrogen-bond donors (Lipinski definition) is 3. The normalized spacial score (nSPS) is 12.0. The molecule has 0 bridgehead atoms. The molecule has 0 heterocycles. The molecule has 2 aromatic rings. The molecular weight excluding hydrogens is 360 g/mol. The topological polar surface area (TPSA) is 105 Å². The number of ether oxygens (including phenoxy) is 1. The molecule has 1 atom stereocenters. The van der Waals surface area contributed by atoms with Crippen LogP contribution in [0.2, 0.25) is 0 Å². The second-order valence-electron chi connectivity index (χ2n) is 7.34. The van der Waals surface area contributed by atoms with Crippen molar-refractivity contribution in [3.63, 3.8) is 0 Å². The van der Waals surface area contributed by atoms with Gasteiger partial charge < -0.3 is 15.2 Å². The number of rotatable bonds is 5. The zero-order chi connectivity index (χ0) is 20.9. The molecule has 148 valence electrons. The lowest BCUT2D eigenvalue weighted by Crippen LogP contribution is -2.28. The van der Waals surface area contributed by atoms with E-state index in [1.54, 1.807) is 20.8 Å². The highest BCUT2D eigenvalue weighted by Gasteiger charge is 2.19. The van der Waals surface area contributed by atoms with Crippen LogP contribution in [0.3, 0.4) is 0 Å². The van der Waals surface area contributed by atoms with E-state index in [0.717, 1.165) is 5.56 Å². The highest BCUT2D eigenvalue weighted by atomic mass is 16.6. The lowest BCUT2D eigenvalue weighted by atomic mass is 10.1. The van der Waals surface area contributed by atoms with Crippen molar-refractivity contribution in [1.29, 1.82) is 0 Å². The van der Waals surface area contributed by atoms with E-state index in [2.05, 4.69) is 10.6 Å². The van der Waals surface area contributed by atoms with Gasteiger partial charge in [-0.2, -0.15) is 0 Å². The minimum absolute atomic E-state index is 0.119. The van der Waals surface area contributed by atoms with Gasteiger partial charge in [0.2, 0.25) is 0 Å². The van der Waals surface area contributed by atoms with E-state index >= 15 is 0 Å². The average Bonchev–Trinajstić information content (AvgIpc) is 2.60. The molecule has 28 heavy (non-hydrogen) atoms. The molecule has 2 aromatic carbocycles. The van der Waals surface area contributed by atoms with E-state index in [1.165, 1.54) is 18.2 Å². The van der Waals surface area contributed by atoms with Gasteiger partial charge in [0.05, 0.1) is 11.6 Å². The predicted molar refractivity (Wildman–Crippen MR) is 106 cm³/mol. The summed E-state index contributed by atoms with van der Waals surface area (Å²) >= 11 is 0. The second-order valence-corrected chi connectivity index (χ2v) is 7.34. The molecule has 7 nitrogen and oxygen atoms in total. The molecule has 0 spiro atoms. The van der Waals surface area contributed by atoms with Crippen LogP contribution in [0.25, 0.3) is 0 Å². The van der Waals surface area contributed by atoms with Gasteiger partial charge in [-0.25, -0.2) is 9.59 Å². The maximum absolute atomic E-state index is 12.6. The fourth-order valence-corrected chi connectivity index (χ4v) is 2.48. The molecule has 2 amide bonds. The van der Waals surface area contributed by atoms with Crippen molar-refractivity contribution < 1.29 is 24.2 Å². The van der Waals surface area contributed by atoms with Crippen LogP contribution in [-0.2, 0) is 4.74 Å². The maximum atomic E-state index is 12.6. The number of benzene rings is 2. The molecule has 7 heteroatoms. The molecule has 0 fully saturated rings. The molecule has 0 saturated carbocycles. The standard InChI is InChI=1S/C21H24N2O5/c1-13(14-8-6-5-7-9-14)22-18(24)15-10-16(19(25)26)12-17(11-15)23-20(27)28-21(2,3)4/h5-13H,1-4H3,(H,22,24)(H,23,27)(H,25,26)/t13-/m1/s1. The number of anilines is 1. The molecule has 0 radical (unpaired) electrons. The second kappa shape index (κ2) is 8.56. The largest absolute Gasteiger partial charge is 0.478 e. The predicted octanol–water partition coefficient (Wildman–Crippen LogP) is 4.22. The Morgan fingerprint density at radius 1 is 1.00 bits per heavy atom. The Kier molecular flexibility index (Phi) is 6.41. The Bertz CT molecular complexity index is 872. The number of amides is 2. The fourth-order valence-electron chi connectivity index (χ4n) is 2.48. The first-order valence-corrected chi connectivity index (χ1v) is 8.79. The van der Waals surface area contributed by atoms with Crippen LogP contribution >= 0.6 is 0 Å². The van der Waals surface area contributed by atoms with Crippen molar-refractivity contribution in [2.75, 3.05) is 5.32 Å². The number of hydrogen-bond acceptors (Lipinski definition) is 4. The van der Waals surface area contributed by atoms with Crippen LogP contribution in [0.1, 0.15) is 60.0 Å². The SMILES string of the molecule is C[C@@H](NC(=O)c1cc(NC(=O)OC(C)(C)C)cc(C(=O)O)c1)c1ccccc1. The summed E-state index contributed by atoms with van der Waals surface area (Å²) in [7, 11) is 0. The first kappa shape index (κ1) is 21.0. The van der Waals surface area contributed by atoms with Crippen molar-refractivity contribution in [2.24, 2.45) is 0 Å². The number of nitrogens with one attached hydrogen (secondary N) is 2. The van der Waals surface area contributed by atoms with E-state index in [1.807, 2.05) is 37.3 Å². The summed E-state index contributed by atoms with van der Waals surface area (Å²) in [5, 5.41) is 14.6. The number of carboxylic acid groups (broad SMARTS) is 1. The number of carbonyl (C=O) groups excluding carboxylic acids is 2. The molecule has 0 aliphatic carbocycles. The van der Waals surface area contributed by atoms with Crippen LogP contribution in [0.15, 0.2) is 48.5 Å². The molecule has 0 unspecified atom stereocenters. The minimum Gasteiger partial charge on any atom is -0.478 e. The minimum atomic E-state index is -1.21. The van der Waals surface area contributed by atoms with E-state index < -0.39 is 23.6 Å². The van der Waals surface area contributed by atoms with Gasteiger partial charge in [-0.1, -0.05) is 30.3 Å². The van der Waals surface area contributed by atoms with Gasteiger partial charge in [-0.15, -0.1) is 0 Å². The molecule has 0 saturated heterocycles. The number of carbonyl (C=O) groups is 3. The third kappa shape index (κ3) is 6.12. The summed E-state index contributed by atoms with van der Waals surface area (Å²) in [5.41, 5.74) is 0.364. The van der Waals surface area contributed by atoms with Crippen molar-refractivity contribution >= 4 is 23.7 Å². The number of aromatic carboxylic acids is 1. The first-order chi connectivity index (χ1) is 13.0. The van der Waals surface area contributed by atoms with Gasteiger partial charge in [0.1, 0.15) is 5.60 Å². The lowest BCUT2D eigenvalue weighted by molar-refractivity contribution is 0.0632. The van der Waals surface area contributed by atoms with E-state index in [0.29, 0.717) is 0 Å². The van der Waals surface area contributed by atoms with Gasteiger partial charge >= 0.3 is 12.1 Å². The van der Waals surface area contributed by atoms with Crippen LogP contribution in [0, 0.1) is 0 Å². The Morgan fingerprint density at radius 3 is 2.18 bits per heavy atom. The molecular formula is C21H24N2O5. The van der Waals surface area contributed by atoms with Crippen molar-refractivity contribution in [1.82, 2.24) is 5.32 Å². The Balaban J connectivity index is 2.23. The zero-order valence-electron chi connectivity index (χ0n) is 16.3. The van der Waals surface area contributed by atoms with Crippen molar-refractivity contribution in [2.45, 2.75) is 39.3 Å². The zero-order valence-corrected chi connectivity index (χ0v) is 16.3. The van der Waals surface area contributed by atoms with Gasteiger partial charge in [0.15, 0.2) is 0 Å². The van der Waals surface area contributed by atoms with Gasteiger partial charge in [-0.3, -0.25) is 10.1 Å². The van der Waals surface area contributed by atoms with E-state index in [9.17, 15) is 19.5 Å². The molecule has 0 aromatic heterocycles. The van der Waals surface area contributed by atoms with E-state index in [-0.39, 0.29) is 22.9 Å². The summed E-state index contributed by atoms with van der Waals surface area (Å²) in [6.45, 7) is 6.96. The summed E-state index contributed by atoms with van der Waals surface area (Å²) in [6.07, 6.45) is -0.737.